The van der Waals surface area contributed by atoms with E-state index in [-0.39, 0.29) is 22.3 Å². The Kier molecular flexibility index (Phi) is 5.82. The maximum atomic E-state index is 12.1. The van der Waals surface area contributed by atoms with Gasteiger partial charge >= 0.3 is 5.97 Å². The Morgan fingerprint density at radius 1 is 1.40 bits per heavy atom. The lowest BCUT2D eigenvalue weighted by Crippen LogP contribution is -2.42. The number of ether oxygens (including phenoxy) is 1. The second kappa shape index (κ2) is 7.14. The van der Waals surface area contributed by atoms with E-state index in [9.17, 15) is 14.7 Å². The van der Waals surface area contributed by atoms with Crippen molar-refractivity contribution in [1.82, 2.24) is 5.32 Å². The number of halogens is 1. The number of carbonyl (C=O) groups excluding carboxylic acids is 2. The van der Waals surface area contributed by atoms with Gasteiger partial charge < -0.3 is 15.2 Å². The van der Waals surface area contributed by atoms with Crippen molar-refractivity contribution in [3.8, 4) is 5.75 Å². The minimum atomic E-state index is -0.745. The summed E-state index contributed by atoms with van der Waals surface area (Å²) in [7, 11) is 1.27. The van der Waals surface area contributed by atoms with Crippen LogP contribution in [0.3, 0.4) is 0 Å². The van der Waals surface area contributed by atoms with Gasteiger partial charge in [-0.25, -0.2) is 4.79 Å². The molecule has 0 fully saturated rings. The zero-order valence-corrected chi connectivity index (χ0v) is 12.4. The molecule has 110 valence electrons. The summed E-state index contributed by atoms with van der Waals surface area (Å²) in [4.78, 5) is 23.8. The van der Waals surface area contributed by atoms with Gasteiger partial charge in [-0.2, -0.15) is 0 Å². The minimum absolute atomic E-state index is 0.0713. The molecule has 1 unspecified atom stereocenters. The van der Waals surface area contributed by atoms with Crippen LogP contribution in [0.15, 0.2) is 18.2 Å². The molecule has 0 heterocycles. The number of rotatable bonds is 5. The monoisotopic (exact) mass is 299 g/mol. The van der Waals surface area contributed by atoms with Gasteiger partial charge in [0, 0.05) is 0 Å². The summed E-state index contributed by atoms with van der Waals surface area (Å²) in [6, 6.07) is 3.30. The molecule has 0 aliphatic rings. The third kappa shape index (κ3) is 4.42. The Morgan fingerprint density at radius 2 is 2.05 bits per heavy atom. The van der Waals surface area contributed by atoms with E-state index >= 15 is 0 Å². The molecular formula is C14H18ClNO4. The number of phenols is 1. The van der Waals surface area contributed by atoms with Crippen LogP contribution in [0.1, 0.15) is 30.6 Å². The molecule has 0 aromatic heterocycles. The van der Waals surface area contributed by atoms with Crippen LogP contribution in [-0.4, -0.2) is 30.1 Å². The number of hydrogen-bond donors (Lipinski definition) is 2. The Hall–Kier alpha value is -1.75. The molecule has 1 amide bonds. The first-order valence-electron chi connectivity index (χ1n) is 6.22. The predicted molar refractivity (Wildman–Crippen MR) is 75.8 cm³/mol. The molecule has 1 aromatic carbocycles. The smallest absolute Gasteiger partial charge is 0.328 e. The highest BCUT2D eigenvalue weighted by Crippen LogP contribution is 2.21. The van der Waals surface area contributed by atoms with E-state index in [4.69, 9.17) is 11.6 Å². The van der Waals surface area contributed by atoms with E-state index in [2.05, 4.69) is 10.1 Å². The summed E-state index contributed by atoms with van der Waals surface area (Å²) in [5.74, 6) is -0.901. The summed E-state index contributed by atoms with van der Waals surface area (Å²) >= 11 is 5.91. The lowest BCUT2D eigenvalue weighted by molar-refractivity contribution is -0.143. The lowest BCUT2D eigenvalue weighted by Gasteiger charge is -2.18. The second-order valence-electron chi connectivity index (χ2n) is 4.84. The zero-order valence-electron chi connectivity index (χ0n) is 11.6. The molecule has 1 aromatic rings. The number of esters is 1. The summed E-state index contributed by atoms with van der Waals surface area (Å²) in [6.45, 7) is 3.87. The van der Waals surface area contributed by atoms with Crippen LogP contribution in [0.2, 0.25) is 5.02 Å². The van der Waals surface area contributed by atoms with Gasteiger partial charge in [-0.15, -0.1) is 0 Å². The molecule has 0 bridgehead atoms. The van der Waals surface area contributed by atoms with E-state index in [1.165, 1.54) is 25.3 Å². The number of amides is 1. The largest absolute Gasteiger partial charge is 0.508 e. The van der Waals surface area contributed by atoms with Crippen LogP contribution in [-0.2, 0) is 9.53 Å². The fourth-order valence-corrected chi connectivity index (χ4v) is 1.95. The molecule has 20 heavy (non-hydrogen) atoms. The highest BCUT2D eigenvalue weighted by molar-refractivity contribution is 6.33. The van der Waals surface area contributed by atoms with Crippen LogP contribution in [0, 0.1) is 5.92 Å². The summed E-state index contributed by atoms with van der Waals surface area (Å²) in [5, 5.41) is 12.2. The molecule has 1 rings (SSSR count). The van der Waals surface area contributed by atoms with Crippen molar-refractivity contribution in [3.63, 3.8) is 0 Å². The molecule has 0 saturated carbocycles. The number of nitrogens with one attached hydrogen (secondary N) is 1. The van der Waals surface area contributed by atoms with Crippen molar-refractivity contribution < 1.29 is 19.4 Å². The number of aromatic hydroxyl groups is 1. The molecular weight excluding hydrogens is 282 g/mol. The predicted octanol–water partition coefficient (Wildman–Crippen LogP) is 2.36. The van der Waals surface area contributed by atoms with Crippen molar-refractivity contribution >= 4 is 23.5 Å². The molecule has 1 atom stereocenters. The standard InChI is InChI=1S/C14H18ClNO4/c1-8(2)6-12(14(19)20-3)16-13(18)10-7-9(17)4-5-11(10)15/h4-5,7-8,12,17H,6H2,1-3H3,(H,16,18). The third-order valence-corrected chi connectivity index (χ3v) is 3.02. The van der Waals surface area contributed by atoms with Gasteiger partial charge in [0.1, 0.15) is 11.8 Å². The normalized spacial score (nSPS) is 12.1. The van der Waals surface area contributed by atoms with Gasteiger partial charge in [0.05, 0.1) is 17.7 Å². The minimum Gasteiger partial charge on any atom is -0.508 e. The van der Waals surface area contributed by atoms with Crippen molar-refractivity contribution in [2.45, 2.75) is 26.3 Å². The lowest BCUT2D eigenvalue weighted by atomic mass is 10.0. The van der Waals surface area contributed by atoms with Gasteiger partial charge in [0.2, 0.25) is 0 Å². The van der Waals surface area contributed by atoms with E-state index in [1.807, 2.05) is 13.8 Å². The maximum Gasteiger partial charge on any atom is 0.328 e. The molecule has 0 aliphatic carbocycles. The number of methoxy groups -OCH3 is 1. The van der Waals surface area contributed by atoms with Crippen molar-refractivity contribution in [2.24, 2.45) is 5.92 Å². The number of benzene rings is 1. The first-order valence-corrected chi connectivity index (χ1v) is 6.60. The topological polar surface area (TPSA) is 75.6 Å². The van der Waals surface area contributed by atoms with E-state index in [0.29, 0.717) is 6.42 Å². The Bertz CT molecular complexity index is 502. The Balaban J connectivity index is 2.90. The van der Waals surface area contributed by atoms with E-state index in [1.54, 1.807) is 0 Å². The van der Waals surface area contributed by atoms with Crippen LogP contribution in [0.5, 0.6) is 5.75 Å². The molecule has 2 N–H and O–H groups in total. The fraction of sp³-hybridized carbons (Fsp3) is 0.429. The summed E-state index contributed by atoms with van der Waals surface area (Å²) in [5.41, 5.74) is 0.115. The molecule has 0 radical (unpaired) electrons. The maximum absolute atomic E-state index is 12.1. The fourth-order valence-electron chi connectivity index (χ4n) is 1.75. The number of carbonyl (C=O) groups is 2. The molecule has 0 aliphatic heterocycles. The molecule has 6 heteroatoms. The number of hydrogen-bond acceptors (Lipinski definition) is 4. The van der Waals surface area contributed by atoms with Gasteiger partial charge in [-0.05, 0) is 30.5 Å². The van der Waals surface area contributed by atoms with Crippen molar-refractivity contribution in [2.75, 3.05) is 7.11 Å². The average molecular weight is 300 g/mol. The first kappa shape index (κ1) is 16.3. The van der Waals surface area contributed by atoms with Crippen molar-refractivity contribution in [1.29, 1.82) is 0 Å². The number of phenolic OH excluding ortho intramolecular Hbond substituents is 1. The van der Waals surface area contributed by atoms with Crippen molar-refractivity contribution in [3.05, 3.63) is 28.8 Å². The average Bonchev–Trinajstić information content (AvgIpc) is 2.39. The van der Waals surface area contributed by atoms with Crippen LogP contribution >= 0.6 is 11.6 Å². The van der Waals surface area contributed by atoms with E-state index < -0.39 is 17.9 Å². The van der Waals surface area contributed by atoms with Crippen LogP contribution in [0.25, 0.3) is 0 Å². The SMILES string of the molecule is COC(=O)C(CC(C)C)NC(=O)c1cc(O)ccc1Cl. The van der Waals surface area contributed by atoms with Crippen LogP contribution < -0.4 is 5.32 Å². The first-order chi connectivity index (χ1) is 9.35. The van der Waals surface area contributed by atoms with Gasteiger partial charge in [0.25, 0.3) is 5.91 Å². The third-order valence-electron chi connectivity index (χ3n) is 2.69. The second-order valence-corrected chi connectivity index (χ2v) is 5.25. The Morgan fingerprint density at radius 3 is 2.60 bits per heavy atom. The highest BCUT2D eigenvalue weighted by Gasteiger charge is 2.24. The molecule has 5 nitrogen and oxygen atoms in total. The Labute approximate surface area is 122 Å². The van der Waals surface area contributed by atoms with Gasteiger partial charge in [0.15, 0.2) is 0 Å². The molecule has 0 spiro atoms. The molecule has 0 saturated heterocycles. The quantitative estimate of drug-likeness (QED) is 0.818. The van der Waals surface area contributed by atoms with E-state index in [0.717, 1.165) is 0 Å². The van der Waals surface area contributed by atoms with Gasteiger partial charge in [-0.3, -0.25) is 4.79 Å². The summed E-state index contributed by atoms with van der Waals surface area (Å²) in [6.07, 6.45) is 0.453. The van der Waals surface area contributed by atoms with Crippen LogP contribution in [0.4, 0.5) is 0 Å². The van der Waals surface area contributed by atoms with Gasteiger partial charge in [-0.1, -0.05) is 25.4 Å². The summed E-state index contributed by atoms with van der Waals surface area (Å²) < 4.78 is 4.67. The zero-order chi connectivity index (χ0) is 15.3. The highest BCUT2D eigenvalue weighted by atomic mass is 35.5.